The highest BCUT2D eigenvalue weighted by molar-refractivity contribution is 5.10. The molecule has 0 aliphatic carbocycles. The van der Waals surface area contributed by atoms with Gasteiger partial charge < -0.3 is 0 Å². The molecular weight excluding hydrogens is 186 g/mol. The predicted octanol–water partition coefficient (Wildman–Crippen LogP) is 2.98. The van der Waals surface area contributed by atoms with Crippen LogP contribution in [-0.4, -0.2) is 15.0 Å². The van der Waals surface area contributed by atoms with E-state index in [0.29, 0.717) is 0 Å². The average molecular weight is 209 g/mol. The molecule has 0 radical (unpaired) electrons. The van der Waals surface area contributed by atoms with E-state index in [9.17, 15) is 0 Å². The normalized spacial score (nSPS) is 10.9. The van der Waals surface area contributed by atoms with Crippen molar-refractivity contribution in [2.75, 3.05) is 0 Å². The Hall–Kier alpha value is -0.860. The lowest BCUT2D eigenvalue weighted by Crippen LogP contribution is -2.06. The molecule has 3 nitrogen and oxygen atoms in total. The molecule has 0 amide bonds. The molecule has 0 fully saturated rings. The van der Waals surface area contributed by atoms with Crippen molar-refractivity contribution in [3.8, 4) is 0 Å². The minimum absolute atomic E-state index is 1.01. The molecule has 0 bridgehead atoms. The first-order valence-corrected chi connectivity index (χ1v) is 6.24. The standard InChI is InChI=1S/C12H23N3/c1-4-7-9-12-11(8-5-2)13-14-15(12)10-6-3/h4-10H2,1-3H3. The summed E-state index contributed by atoms with van der Waals surface area (Å²) in [6.07, 6.45) is 6.98. The summed E-state index contributed by atoms with van der Waals surface area (Å²) in [5.41, 5.74) is 2.60. The van der Waals surface area contributed by atoms with Crippen molar-refractivity contribution in [2.45, 2.75) is 65.8 Å². The summed E-state index contributed by atoms with van der Waals surface area (Å²) in [5, 5.41) is 8.53. The third-order valence-electron chi connectivity index (χ3n) is 2.61. The number of aryl methyl sites for hydroxylation is 2. The fourth-order valence-electron chi connectivity index (χ4n) is 1.81. The number of hydrogen-bond acceptors (Lipinski definition) is 2. The van der Waals surface area contributed by atoms with Crippen molar-refractivity contribution >= 4 is 0 Å². The minimum atomic E-state index is 1.01. The number of rotatable bonds is 7. The lowest BCUT2D eigenvalue weighted by Gasteiger charge is -2.05. The van der Waals surface area contributed by atoms with E-state index in [4.69, 9.17) is 0 Å². The minimum Gasteiger partial charge on any atom is -0.249 e. The quantitative estimate of drug-likeness (QED) is 0.691. The Morgan fingerprint density at radius 3 is 2.40 bits per heavy atom. The zero-order valence-corrected chi connectivity index (χ0v) is 10.3. The van der Waals surface area contributed by atoms with Gasteiger partial charge in [-0.1, -0.05) is 38.8 Å². The summed E-state index contributed by atoms with van der Waals surface area (Å²) >= 11 is 0. The SMILES string of the molecule is CCCCc1c(CCC)nnn1CCC. The summed E-state index contributed by atoms with van der Waals surface area (Å²) in [4.78, 5) is 0. The molecule has 0 spiro atoms. The van der Waals surface area contributed by atoms with Crippen LogP contribution >= 0.6 is 0 Å². The highest BCUT2D eigenvalue weighted by Gasteiger charge is 2.10. The Balaban J connectivity index is 2.76. The van der Waals surface area contributed by atoms with Gasteiger partial charge >= 0.3 is 0 Å². The Morgan fingerprint density at radius 2 is 1.80 bits per heavy atom. The van der Waals surface area contributed by atoms with Crippen LogP contribution in [0.25, 0.3) is 0 Å². The van der Waals surface area contributed by atoms with Crippen LogP contribution in [0.1, 0.15) is 57.8 Å². The van der Waals surface area contributed by atoms with Crippen molar-refractivity contribution in [3.63, 3.8) is 0 Å². The molecule has 0 saturated carbocycles. The molecule has 1 rings (SSSR count). The molecule has 1 aromatic rings. The second-order valence-corrected chi connectivity index (χ2v) is 4.06. The summed E-state index contributed by atoms with van der Waals surface area (Å²) in [5.74, 6) is 0. The van der Waals surface area contributed by atoms with Gasteiger partial charge in [0.25, 0.3) is 0 Å². The van der Waals surface area contributed by atoms with Crippen LogP contribution in [-0.2, 0) is 19.4 Å². The largest absolute Gasteiger partial charge is 0.249 e. The predicted molar refractivity (Wildman–Crippen MR) is 62.9 cm³/mol. The van der Waals surface area contributed by atoms with Crippen LogP contribution in [0.2, 0.25) is 0 Å². The van der Waals surface area contributed by atoms with E-state index in [-0.39, 0.29) is 0 Å². The maximum atomic E-state index is 4.29. The molecule has 0 saturated heterocycles. The monoisotopic (exact) mass is 209 g/mol. The van der Waals surface area contributed by atoms with E-state index >= 15 is 0 Å². The summed E-state index contributed by atoms with van der Waals surface area (Å²) in [6.45, 7) is 7.62. The van der Waals surface area contributed by atoms with Gasteiger partial charge in [0.2, 0.25) is 0 Å². The van der Waals surface area contributed by atoms with Gasteiger partial charge in [0.05, 0.1) is 11.4 Å². The van der Waals surface area contributed by atoms with Crippen molar-refractivity contribution in [1.82, 2.24) is 15.0 Å². The van der Waals surface area contributed by atoms with Crippen LogP contribution in [0, 0.1) is 0 Å². The molecule has 0 aliphatic heterocycles. The lowest BCUT2D eigenvalue weighted by atomic mass is 10.1. The third kappa shape index (κ3) is 3.33. The zero-order chi connectivity index (χ0) is 11.1. The van der Waals surface area contributed by atoms with Gasteiger partial charge in [0, 0.05) is 6.54 Å². The fourth-order valence-corrected chi connectivity index (χ4v) is 1.81. The summed E-state index contributed by atoms with van der Waals surface area (Å²) in [7, 11) is 0. The smallest absolute Gasteiger partial charge is 0.0859 e. The molecule has 0 aliphatic rings. The number of hydrogen-bond donors (Lipinski definition) is 0. The lowest BCUT2D eigenvalue weighted by molar-refractivity contribution is 0.548. The van der Waals surface area contributed by atoms with Gasteiger partial charge in [-0.25, -0.2) is 4.68 Å². The fraction of sp³-hybridized carbons (Fsp3) is 0.833. The molecule has 1 aromatic heterocycles. The molecule has 1 heterocycles. The summed E-state index contributed by atoms with van der Waals surface area (Å²) in [6, 6.07) is 0. The van der Waals surface area contributed by atoms with Crippen LogP contribution in [0.4, 0.5) is 0 Å². The van der Waals surface area contributed by atoms with Crippen molar-refractivity contribution < 1.29 is 0 Å². The molecule has 3 heteroatoms. The van der Waals surface area contributed by atoms with Crippen LogP contribution < -0.4 is 0 Å². The number of nitrogens with zero attached hydrogens (tertiary/aromatic N) is 3. The van der Waals surface area contributed by atoms with E-state index in [0.717, 1.165) is 32.2 Å². The van der Waals surface area contributed by atoms with Crippen LogP contribution in [0.5, 0.6) is 0 Å². The number of unbranched alkanes of at least 4 members (excludes halogenated alkanes) is 1. The molecule has 0 N–H and O–H groups in total. The van der Waals surface area contributed by atoms with E-state index < -0.39 is 0 Å². The van der Waals surface area contributed by atoms with Crippen molar-refractivity contribution in [3.05, 3.63) is 11.4 Å². The summed E-state index contributed by atoms with van der Waals surface area (Å²) < 4.78 is 2.10. The molecule has 0 atom stereocenters. The van der Waals surface area contributed by atoms with Crippen LogP contribution in [0.15, 0.2) is 0 Å². The van der Waals surface area contributed by atoms with Gasteiger partial charge in [-0.3, -0.25) is 0 Å². The molecule has 0 aromatic carbocycles. The van der Waals surface area contributed by atoms with Gasteiger partial charge in [0.15, 0.2) is 0 Å². The topological polar surface area (TPSA) is 30.7 Å². The Morgan fingerprint density at radius 1 is 1.00 bits per heavy atom. The molecular formula is C12H23N3. The highest BCUT2D eigenvalue weighted by atomic mass is 15.4. The Labute approximate surface area is 92.9 Å². The van der Waals surface area contributed by atoms with Gasteiger partial charge in [-0.2, -0.15) is 0 Å². The highest BCUT2D eigenvalue weighted by Crippen LogP contribution is 2.12. The molecule has 0 unspecified atom stereocenters. The molecule has 86 valence electrons. The van der Waals surface area contributed by atoms with Gasteiger partial charge in [-0.15, -0.1) is 5.10 Å². The van der Waals surface area contributed by atoms with E-state index in [1.54, 1.807) is 0 Å². The Bertz CT molecular complexity index is 255. The molecule has 15 heavy (non-hydrogen) atoms. The van der Waals surface area contributed by atoms with E-state index in [1.807, 2.05) is 0 Å². The van der Waals surface area contributed by atoms with E-state index in [1.165, 1.54) is 24.2 Å². The Kier molecular flexibility index (Phi) is 5.37. The zero-order valence-electron chi connectivity index (χ0n) is 10.3. The maximum Gasteiger partial charge on any atom is 0.0859 e. The average Bonchev–Trinajstić information content (AvgIpc) is 2.60. The number of aromatic nitrogens is 3. The van der Waals surface area contributed by atoms with Crippen molar-refractivity contribution in [2.24, 2.45) is 0 Å². The first kappa shape index (κ1) is 12.2. The first-order chi connectivity index (χ1) is 7.33. The van der Waals surface area contributed by atoms with Gasteiger partial charge in [-0.05, 0) is 25.7 Å². The second-order valence-electron chi connectivity index (χ2n) is 4.06. The second kappa shape index (κ2) is 6.59. The van der Waals surface area contributed by atoms with Gasteiger partial charge in [0.1, 0.15) is 0 Å². The van der Waals surface area contributed by atoms with Crippen LogP contribution in [0.3, 0.4) is 0 Å². The third-order valence-corrected chi connectivity index (χ3v) is 2.61. The van der Waals surface area contributed by atoms with E-state index in [2.05, 4.69) is 35.8 Å². The van der Waals surface area contributed by atoms with Crippen molar-refractivity contribution in [1.29, 1.82) is 0 Å². The first-order valence-electron chi connectivity index (χ1n) is 6.24. The maximum absolute atomic E-state index is 4.29.